The number of benzene rings is 2. The second kappa shape index (κ2) is 8.15. The van der Waals surface area contributed by atoms with Gasteiger partial charge in [-0.1, -0.05) is 74.5 Å². The van der Waals surface area contributed by atoms with Gasteiger partial charge in [0, 0.05) is 16.3 Å². The van der Waals surface area contributed by atoms with E-state index < -0.39 is 0 Å². The number of rotatable bonds is 5. The van der Waals surface area contributed by atoms with Gasteiger partial charge in [-0.05, 0) is 29.2 Å². The zero-order chi connectivity index (χ0) is 19.4. The number of aromatic nitrogens is 3. The zero-order valence-electron chi connectivity index (χ0n) is 15.4. The lowest BCUT2D eigenvalue weighted by atomic mass is 9.87. The molecule has 0 saturated carbocycles. The van der Waals surface area contributed by atoms with Crippen LogP contribution in [0.4, 0.5) is 5.69 Å². The lowest BCUT2D eigenvalue weighted by molar-refractivity contribution is -0.113. The first-order chi connectivity index (χ1) is 12.8. The fraction of sp³-hybridized carbons (Fsp3) is 0.250. The molecule has 3 rings (SSSR count). The number of carbonyl (C=O) groups is 1. The van der Waals surface area contributed by atoms with E-state index in [0.717, 1.165) is 5.56 Å². The van der Waals surface area contributed by atoms with E-state index in [-0.39, 0.29) is 17.1 Å². The molecule has 0 aliphatic rings. The molecule has 0 aliphatic heterocycles. The Labute approximate surface area is 167 Å². The highest BCUT2D eigenvalue weighted by Crippen LogP contribution is 2.25. The summed E-state index contributed by atoms with van der Waals surface area (Å²) >= 11 is 7.19. The van der Waals surface area contributed by atoms with Gasteiger partial charge < -0.3 is 5.32 Å². The molecule has 1 heterocycles. The van der Waals surface area contributed by atoms with Crippen LogP contribution in [0.1, 0.15) is 26.3 Å². The molecule has 1 aromatic heterocycles. The summed E-state index contributed by atoms with van der Waals surface area (Å²) in [4.78, 5) is 16.5. The molecule has 1 amide bonds. The monoisotopic (exact) mass is 400 g/mol. The number of thioether (sulfide) groups is 1. The lowest BCUT2D eigenvalue weighted by Crippen LogP contribution is -2.14. The molecular formula is C20H21ClN4OS. The summed E-state index contributed by atoms with van der Waals surface area (Å²) in [6.45, 7) is 6.54. The van der Waals surface area contributed by atoms with E-state index in [1.165, 1.54) is 17.3 Å². The quantitative estimate of drug-likeness (QED) is 0.581. The number of nitrogens with one attached hydrogen (secondary N) is 2. The van der Waals surface area contributed by atoms with Crippen LogP contribution in [0.15, 0.2) is 53.7 Å². The number of H-pyrrole nitrogens is 1. The molecular weight excluding hydrogens is 380 g/mol. The number of hydrogen-bond acceptors (Lipinski definition) is 4. The van der Waals surface area contributed by atoms with Crippen molar-refractivity contribution in [2.24, 2.45) is 0 Å². The van der Waals surface area contributed by atoms with Crippen LogP contribution in [-0.4, -0.2) is 26.8 Å². The molecule has 3 aromatic rings. The Hall–Kier alpha value is -2.31. The normalized spacial score (nSPS) is 11.4. The Morgan fingerprint density at radius 2 is 1.93 bits per heavy atom. The van der Waals surface area contributed by atoms with Gasteiger partial charge >= 0.3 is 0 Å². The summed E-state index contributed by atoms with van der Waals surface area (Å²) in [5.41, 5.74) is 3.00. The van der Waals surface area contributed by atoms with Crippen molar-refractivity contribution in [2.45, 2.75) is 31.3 Å². The van der Waals surface area contributed by atoms with Crippen molar-refractivity contribution >= 4 is 35.0 Å². The number of carbonyl (C=O) groups excluding carboxylic acids is 1. The summed E-state index contributed by atoms with van der Waals surface area (Å²) in [6, 6.07) is 15.3. The fourth-order valence-corrected chi connectivity index (χ4v) is 3.25. The fourth-order valence-electron chi connectivity index (χ4n) is 2.46. The van der Waals surface area contributed by atoms with E-state index in [9.17, 15) is 4.79 Å². The van der Waals surface area contributed by atoms with Crippen LogP contribution in [0.2, 0.25) is 5.02 Å². The molecule has 0 bridgehead atoms. The minimum absolute atomic E-state index is 0.108. The molecule has 0 unspecified atom stereocenters. The second-order valence-corrected chi connectivity index (χ2v) is 8.52. The van der Waals surface area contributed by atoms with Gasteiger partial charge in [0.05, 0.1) is 5.75 Å². The summed E-state index contributed by atoms with van der Waals surface area (Å²) in [5, 5.41) is 11.0. The van der Waals surface area contributed by atoms with Gasteiger partial charge in [-0.15, -0.1) is 5.10 Å². The first-order valence-electron chi connectivity index (χ1n) is 8.53. The van der Waals surface area contributed by atoms with Crippen molar-refractivity contribution in [2.75, 3.05) is 11.1 Å². The minimum atomic E-state index is -0.136. The molecule has 0 fully saturated rings. The smallest absolute Gasteiger partial charge is 0.234 e. The Morgan fingerprint density at radius 3 is 2.59 bits per heavy atom. The maximum absolute atomic E-state index is 12.1. The number of halogens is 1. The van der Waals surface area contributed by atoms with Crippen LogP contribution in [0.3, 0.4) is 0 Å². The number of hydrogen-bond donors (Lipinski definition) is 2. The number of amides is 1. The molecule has 140 valence electrons. The summed E-state index contributed by atoms with van der Waals surface area (Å²) < 4.78 is 0. The van der Waals surface area contributed by atoms with Crippen molar-refractivity contribution in [1.82, 2.24) is 15.2 Å². The zero-order valence-corrected chi connectivity index (χ0v) is 17.0. The van der Waals surface area contributed by atoms with Crippen molar-refractivity contribution in [3.8, 4) is 11.4 Å². The molecule has 0 spiro atoms. The number of anilines is 1. The van der Waals surface area contributed by atoms with Gasteiger partial charge in [-0.2, -0.15) is 0 Å². The topological polar surface area (TPSA) is 70.7 Å². The van der Waals surface area contributed by atoms with Gasteiger partial charge in [0.2, 0.25) is 11.1 Å². The van der Waals surface area contributed by atoms with Gasteiger partial charge in [0.1, 0.15) is 0 Å². The second-order valence-electron chi connectivity index (χ2n) is 7.14. The van der Waals surface area contributed by atoms with Crippen molar-refractivity contribution in [1.29, 1.82) is 0 Å². The Morgan fingerprint density at radius 1 is 1.19 bits per heavy atom. The van der Waals surface area contributed by atoms with E-state index in [2.05, 4.69) is 53.4 Å². The largest absolute Gasteiger partial charge is 0.325 e. The van der Waals surface area contributed by atoms with Crippen LogP contribution in [-0.2, 0) is 10.2 Å². The van der Waals surface area contributed by atoms with E-state index in [1.807, 2.05) is 12.1 Å². The average Bonchev–Trinajstić information content (AvgIpc) is 3.08. The summed E-state index contributed by atoms with van der Waals surface area (Å²) in [7, 11) is 0. The van der Waals surface area contributed by atoms with E-state index in [4.69, 9.17) is 11.6 Å². The standard InChI is InChI=1S/C20H21ClN4OS/c1-20(2,3)14-9-7-13(8-10-14)18-23-19(25-24-18)27-12-17(26)22-16-6-4-5-15(21)11-16/h4-11H,12H2,1-3H3,(H,22,26)(H,23,24,25). The first-order valence-corrected chi connectivity index (χ1v) is 9.89. The SMILES string of the molecule is CC(C)(C)c1ccc(-c2nc(SCC(=O)Nc3cccc(Cl)c3)n[nH]2)cc1. The molecule has 7 heteroatoms. The molecule has 0 atom stereocenters. The molecule has 5 nitrogen and oxygen atoms in total. The van der Waals surface area contributed by atoms with Crippen molar-refractivity contribution in [3.63, 3.8) is 0 Å². The van der Waals surface area contributed by atoms with E-state index >= 15 is 0 Å². The molecule has 2 aromatic carbocycles. The van der Waals surface area contributed by atoms with Crippen LogP contribution < -0.4 is 5.32 Å². The van der Waals surface area contributed by atoms with Crippen LogP contribution >= 0.6 is 23.4 Å². The summed E-state index contributed by atoms with van der Waals surface area (Å²) in [6.07, 6.45) is 0. The van der Waals surface area contributed by atoms with Gasteiger partial charge in [-0.25, -0.2) is 4.98 Å². The Balaban J connectivity index is 1.58. The number of aromatic amines is 1. The van der Waals surface area contributed by atoms with Gasteiger partial charge in [-0.3, -0.25) is 9.89 Å². The summed E-state index contributed by atoms with van der Waals surface area (Å²) in [5.74, 6) is 0.767. The Kier molecular flexibility index (Phi) is 5.87. The maximum atomic E-state index is 12.1. The third-order valence-corrected chi connectivity index (χ3v) is 5.01. The molecule has 0 radical (unpaired) electrons. The molecule has 0 aliphatic carbocycles. The van der Waals surface area contributed by atoms with Crippen LogP contribution in [0.25, 0.3) is 11.4 Å². The predicted octanol–water partition coefficient (Wildman–Crippen LogP) is 5.15. The van der Waals surface area contributed by atoms with E-state index in [1.54, 1.807) is 24.3 Å². The number of nitrogens with zero attached hydrogens (tertiary/aromatic N) is 2. The van der Waals surface area contributed by atoms with E-state index in [0.29, 0.717) is 21.7 Å². The average molecular weight is 401 g/mol. The Bertz CT molecular complexity index is 932. The highest BCUT2D eigenvalue weighted by molar-refractivity contribution is 7.99. The minimum Gasteiger partial charge on any atom is -0.325 e. The van der Waals surface area contributed by atoms with Gasteiger partial charge in [0.25, 0.3) is 0 Å². The third kappa shape index (κ3) is 5.34. The lowest BCUT2D eigenvalue weighted by Gasteiger charge is -2.18. The third-order valence-electron chi connectivity index (χ3n) is 3.93. The predicted molar refractivity (Wildman–Crippen MR) is 111 cm³/mol. The molecule has 27 heavy (non-hydrogen) atoms. The van der Waals surface area contributed by atoms with Crippen LogP contribution in [0, 0.1) is 0 Å². The van der Waals surface area contributed by atoms with Gasteiger partial charge in [0.15, 0.2) is 5.82 Å². The van der Waals surface area contributed by atoms with Crippen LogP contribution in [0.5, 0.6) is 0 Å². The highest BCUT2D eigenvalue weighted by Gasteiger charge is 2.14. The van der Waals surface area contributed by atoms with Crippen molar-refractivity contribution < 1.29 is 4.79 Å². The molecule has 2 N–H and O–H groups in total. The van der Waals surface area contributed by atoms with Crippen molar-refractivity contribution in [3.05, 3.63) is 59.1 Å². The highest BCUT2D eigenvalue weighted by atomic mass is 35.5. The first kappa shape index (κ1) is 19.5. The maximum Gasteiger partial charge on any atom is 0.234 e. The molecule has 0 saturated heterocycles.